The van der Waals surface area contributed by atoms with Gasteiger partial charge in [-0.15, -0.1) is 0 Å². The van der Waals surface area contributed by atoms with E-state index >= 15 is 0 Å². The summed E-state index contributed by atoms with van der Waals surface area (Å²) in [6.07, 6.45) is 4.48. The number of ether oxygens (including phenoxy) is 1. The monoisotopic (exact) mass is 213 g/mol. The molecule has 0 heterocycles. The highest BCUT2D eigenvalue weighted by molar-refractivity contribution is 5.80. The minimum absolute atomic E-state index is 0.249. The van der Waals surface area contributed by atoms with Crippen LogP contribution in [0.2, 0.25) is 0 Å². The number of likely N-dealkylation sites (N-methyl/N-ethyl adjacent to an activating group) is 1. The van der Waals surface area contributed by atoms with Crippen molar-refractivity contribution < 1.29 is 14.6 Å². The van der Waals surface area contributed by atoms with Crippen molar-refractivity contribution in [1.29, 1.82) is 0 Å². The van der Waals surface area contributed by atoms with Crippen molar-refractivity contribution in [3.05, 3.63) is 0 Å². The molecule has 15 heavy (non-hydrogen) atoms. The summed E-state index contributed by atoms with van der Waals surface area (Å²) < 4.78 is 5.53. The van der Waals surface area contributed by atoms with Crippen LogP contribution in [0.15, 0.2) is 0 Å². The maximum atomic E-state index is 11.3. The summed E-state index contributed by atoms with van der Waals surface area (Å²) >= 11 is 0. The molecule has 2 aliphatic carbocycles. The van der Waals surface area contributed by atoms with Crippen molar-refractivity contribution >= 4 is 5.97 Å². The number of rotatable bonds is 7. The van der Waals surface area contributed by atoms with Gasteiger partial charge in [0.15, 0.2) is 0 Å². The zero-order valence-electron chi connectivity index (χ0n) is 9.16. The lowest BCUT2D eigenvalue weighted by molar-refractivity contribution is -0.149. The Kier molecular flexibility index (Phi) is 2.98. The Hall–Kier alpha value is -0.610. The smallest absolute Gasteiger partial charge is 0.326 e. The second-order valence-electron chi connectivity index (χ2n) is 4.76. The van der Waals surface area contributed by atoms with Gasteiger partial charge in [-0.1, -0.05) is 0 Å². The molecule has 2 N–H and O–H groups in total. The SMILES string of the molecule is CNC(COCC1CC1)(C(=O)O)C1CC1. The highest BCUT2D eigenvalue weighted by Crippen LogP contribution is 2.40. The third-order valence-corrected chi connectivity index (χ3v) is 3.48. The molecule has 0 aromatic carbocycles. The average Bonchev–Trinajstić information content (AvgIpc) is 3.00. The fourth-order valence-corrected chi connectivity index (χ4v) is 1.98. The Labute approximate surface area is 90.0 Å². The zero-order chi connectivity index (χ0) is 10.9. The van der Waals surface area contributed by atoms with E-state index in [1.165, 1.54) is 12.8 Å². The van der Waals surface area contributed by atoms with Crippen LogP contribution < -0.4 is 5.32 Å². The molecule has 2 aliphatic rings. The molecular formula is C11H19NO3. The first-order valence-corrected chi connectivity index (χ1v) is 5.69. The molecule has 0 spiro atoms. The van der Waals surface area contributed by atoms with Crippen molar-refractivity contribution in [2.24, 2.45) is 11.8 Å². The van der Waals surface area contributed by atoms with Gasteiger partial charge in [-0.25, -0.2) is 0 Å². The van der Waals surface area contributed by atoms with Crippen LogP contribution in [0.1, 0.15) is 25.7 Å². The van der Waals surface area contributed by atoms with E-state index in [0.29, 0.717) is 12.5 Å². The number of nitrogens with one attached hydrogen (secondary N) is 1. The van der Waals surface area contributed by atoms with E-state index in [1.54, 1.807) is 7.05 Å². The molecule has 86 valence electrons. The second kappa shape index (κ2) is 4.10. The second-order valence-corrected chi connectivity index (χ2v) is 4.76. The van der Waals surface area contributed by atoms with Crippen LogP contribution >= 0.6 is 0 Å². The van der Waals surface area contributed by atoms with Crippen LogP contribution in [0, 0.1) is 11.8 Å². The van der Waals surface area contributed by atoms with Crippen LogP contribution in [0.4, 0.5) is 0 Å². The fraction of sp³-hybridized carbons (Fsp3) is 0.909. The summed E-state index contributed by atoms with van der Waals surface area (Å²) in [5.74, 6) is 0.162. The fourth-order valence-electron chi connectivity index (χ4n) is 1.98. The van der Waals surface area contributed by atoms with E-state index < -0.39 is 11.5 Å². The van der Waals surface area contributed by atoms with E-state index in [0.717, 1.165) is 19.4 Å². The van der Waals surface area contributed by atoms with Gasteiger partial charge in [-0.05, 0) is 44.6 Å². The summed E-state index contributed by atoms with van der Waals surface area (Å²) in [5.41, 5.74) is -0.838. The molecule has 0 aliphatic heterocycles. The summed E-state index contributed by atoms with van der Waals surface area (Å²) in [6, 6.07) is 0. The van der Waals surface area contributed by atoms with Crippen LogP contribution in [0.5, 0.6) is 0 Å². The largest absolute Gasteiger partial charge is 0.480 e. The van der Waals surface area contributed by atoms with Gasteiger partial charge < -0.3 is 15.2 Å². The van der Waals surface area contributed by atoms with E-state index in [-0.39, 0.29) is 5.92 Å². The molecule has 2 saturated carbocycles. The molecular weight excluding hydrogens is 194 g/mol. The van der Waals surface area contributed by atoms with Gasteiger partial charge in [0, 0.05) is 6.61 Å². The van der Waals surface area contributed by atoms with E-state index in [9.17, 15) is 9.90 Å². The summed E-state index contributed by atoms with van der Waals surface area (Å²) in [7, 11) is 1.72. The first kappa shape index (κ1) is 10.9. The predicted octanol–water partition coefficient (Wildman–Crippen LogP) is 0.866. The maximum Gasteiger partial charge on any atom is 0.326 e. The molecule has 0 saturated heterocycles. The number of aliphatic carboxylic acids is 1. The molecule has 2 fully saturated rings. The standard InChI is InChI=1S/C11H19NO3/c1-12-11(10(13)14,9-4-5-9)7-15-6-8-2-3-8/h8-9,12H,2-7H2,1H3,(H,13,14). The highest BCUT2D eigenvalue weighted by Gasteiger charge is 2.50. The molecule has 1 unspecified atom stereocenters. The molecule has 0 amide bonds. The predicted molar refractivity (Wildman–Crippen MR) is 55.7 cm³/mol. The van der Waals surface area contributed by atoms with E-state index in [4.69, 9.17) is 4.74 Å². The van der Waals surface area contributed by atoms with Gasteiger partial charge >= 0.3 is 5.97 Å². The quantitative estimate of drug-likeness (QED) is 0.658. The van der Waals surface area contributed by atoms with Gasteiger partial charge in [0.05, 0.1) is 6.61 Å². The van der Waals surface area contributed by atoms with E-state index in [1.807, 2.05) is 0 Å². The average molecular weight is 213 g/mol. The molecule has 0 radical (unpaired) electrons. The van der Waals surface area contributed by atoms with Gasteiger partial charge in [-0.3, -0.25) is 4.79 Å². The number of carboxylic acid groups (broad SMARTS) is 1. The van der Waals surface area contributed by atoms with Gasteiger partial charge in [-0.2, -0.15) is 0 Å². The first-order valence-electron chi connectivity index (χ1n) is 5.69. The minimum Gasteiger partial charge on any atom is -0.480 e. The van der Waals surface area contributed by atoms with Crippen LogP contribution in [-0.2, 0) is 9.53 Å². The zero-order valence-corrected chi connectivity index (χ0v) is 9.16. The lowest BCUT2D eigenvalue weighted by Gasteiger charge is -2.28. The third kappa shape index (κ3) is 2.32. The summed E-state index contributed by atoms with van der Waals surface area (Å²) in [6.45, 7) is 1.03. The molecule has 0 aromatic rings. The van der Waals surface area contributed by atoms with Crippen molar-refractivity contribution in [1.82, 2.24) is 5.32 Å². The molecule has 4 heteroatoms. The van der Waals surface area contributed by atoms with Crippen molar-refractivity contribution in [2.75, 3.05) is 20.3 Å². The Morgan fingerprint density at radius 2 is 2.13 bits per heavy atom. The third-order valence-electron chi connectivity index (χ3n) is 3.48. The number of hydrogen-bond acceptors (Lipinski definition) is 3. The molecule has 2 rings (SSSR count). The number of carbonyl (C=O) groups is 1. The topological polar surface area (TPSA) is 58.6 Å². The van der Waals surface area contributed by atoms with Crippen LogP contribution in [-0.4, -0.2) is 36.9 Å². The Bertz CT molecular complexity index is 248. The lowest BCUT2D eigenvalue weighted by Crippen LogP contribution is -2.56. The molecule has 4 nitrogen and oxygen atoms in total. The van der Waals surface area contributed by atoms with Crippen LogP contribution in [0.3, 0.4) is 0 Å². The summed E-state index contributed by atoms with van der Waals surface area (Å²) in [5, 5.41) is 12.2. The number of carboxylic acids is 1. The van der Waals surface area contributed by atoms with Gasteiger partial charge in [0.1, 0.15) is 5.54 Å². The van der Waals surface area contributed by atoms with Gasteiger partial charge in [0.2, 0.25) is 0 Å². The van der Waals surface area contributed by atoms with E-state index in [2.05, 4.69) is 5.32 Å². The first-order chi connectivity index (χ1) is 7.19. The Morgan fingerprint density at radius 1 is 1.47 bits per heavy atom. The molecule has 0 aromatic heterocycles. The van der Waals surface area contributed by atoms with Gasteiger partial charge in [0.25, 0.3) is 0 Å². The summed E-state index contributed by atoms with van der Waals surface area (Å²) in [4.78, 5) is 11.3. The Morgan fingerprint density at radius 3 is 2.53 bits per heavy atom. The van der Waals surface area contributed by atoms with Crippen molar-refractivity contribution in [3.63, 3.8) is 0 Å². The minimum atomic E-state index is -0.838. The number of hydrogen-bond donors (Lipinski definition) is 2. The van der Waals surface area contributed by atoms with Crippen molar-refractivity contribution in [3.8, 4) is 0 Å². The Balaban J connectivity index is 1.87. The lowest BCUT2D eigenvalue weighted by atomic mass is 9.94. The van der Waals surface area contributed by atoms with Crippen molar-refractivity contribution in [2.45, 2.75) is 31.2 Å². The maximum absolute atomic E-state index is 11.3. The normalized spacial score (nSPS) is 24.9. The molecule has 0 bridgehead atoms. The molecule has 1 atom stereocenters. The van der Waals surface area contributed by atoms with Crippen LogP contribution in [0.25, 0.3) is 0 Å². The highest BCUT2D eigenvalue weighted by atomic mass is 16.5.